The minimum Gasteiger partial charge on any atom is -0.0841 e. The monoisotopic (exact) mass is 350 g/mol. The summed E-state index contributed by atoms with van der Waals surface area (Å²) in [5.41, 5.74) is 5.76. The molecule has 0 aromatic heterocycles. The average molecular weight is 351 g/mol. The number of rotatable bonds is 1. The van der Waals surface area contributed by atoms with Crippen molar-refractivity contribution in [3.63, 3.8) is 0 Å². The summed E-state index contributed by atoms with van der Waals surface area (Å²) in [7, 11) is 0. The zero-order valence-corrected chi connectivity index (χ0v) is 16.8. The zero-order valence-electron chi connectivity index (χ0n) is 15.2. The summed E-state index contributed by atoms with van der Waals surface area (Å²) in [5, 5.41) is 0. The van der Waals surface area contributed by atoms with Gasteiger partial charge in [0.15, 0.2) is 0 Å². The van der Waals surface area contributed by atoms with Crippen molar-refractivity contribution in [3.05, 3.63) is 41.0 Å². The van der Waals surface area contributed by atoms with Crippen LogP contribution in [0.15, 0.2) is 18.7 Å². The van der Waals surface area contributed by atoms with Crippen molar-refractivity contribution in [1.29, 1.82) is 0 Å². The highest BCUT2D eigenvalue weighted by Crippen LogP contribution is 2.42. The van der Waals surface area contributed by atoms with E-state index in [1.165, 1.54) is 22.3 Å². The lowest BCUT2D eigenvalue weighted by molar-refractivity contribution is 0.546. The molecule has 0 spiro atoms. The molecule has 1 heteroatoms. The lowest BCUT2D eigenvalue weighted by Crippen LogP contribution is -2.23. The average Bonchev–Trinajstić information content (AvgIpc) is 2.23. The maximum absolute atomic E-state index is 4.18. The van der Waals surface area contributed by atoms with E-state index >= 15 is 0 Å². The number of hydrogen-bond acceptors (Lipinski definition) is 0. The van der Waals surface area contributed by atoms with Crippen LogP contribution in [0.25, 0.3) is 4.48 Å². The highest BCUT2D eigenvalue weighted by atomic mass is 79.9. The van der Waals surface area contributed by atoms with E-state index in [1.807, 2.05) is 0 Å². The van der Waals surface area contributed by atoms with E-state index in [2.05, 4.69) is 97.0 Å². The van der Waals surface area contributed by atoms with Gasteiger partial charge in [-0.3, -0.25) is 0 Å². The van der Waals surface area contributed by atoms with Gasteiger partial charge in [0.05, 0.1) is 0 Å². The molecule has 0 nitrogen and oxygen atoms in total. The van der Waals surface area contributed by atoms with Gasteiger partial charge in [0.25, 0.3) is 0 Å². The summed E-state index contributed by atoms with van der Waals surface area (Å²) < 4.78 is 0.984. The van der Waals surface area contributed by atoms with Crippen LogP contribution in [0, 0.1) is 0 Å². The predicted molar refractivity (Wildman–Crippen MR) is 101 cm³/mol. The lowest BCUT2D eigenvalue weighted by atomic mass is 9.72. The molecule has 0 aliphatic heterocycles. The molecule has 0 amide bonds. The van der Waals surface area contributed by atoms with Gasteiger partial charge in [0.1, 0.15) is 0 Å². The van der Waals surface area contributed by atoms with Crippen LogP contribution in [0.1, 0.15) is 84.6 Å². The second kappa shape index (κ2) is 5.57. The molecule has 0 saturated heterocycles. The van der Waals surface area contributed by atoms with Gasteiger partial charge < -0.3 is 0 Å². The fourth-order valence-corrected chi connectivity index (χ4v) is 2.98. The predicted octanol–water partition coefficient (Wildman–Crippen LogP) is 6.94. The normalized spacial score (nSPS) is 13.4. The van der Waals surface area contributed by atoms with Crippen LogP contribution in [0.5, 0.6) is 0 Å². The topological polar surface area (TPSA) is 0 Å². The SMILES string of the molecule is C=C(Br)c1c(C(C)(C)C)cc(C(C)(C)C)cc1C(C)(C)C. The maximum atomic E-state index is 4.18. The molecule has 1 aromatic rings. The van der Waals surface area contributed by atoms with E-state index in [4.69, 9.17) is 0 Å². The van der Waals surface area contributed by atoms with E-state index in [-0.39, 0.29) is 16.2 Å². The van der Waals surface area contributed by atoms with Gasteiger partial charge in [-0.15, -0.1) is 0 Å². The molecule has 0 unspecified atom stereocenters. The molecule has 0 fully saturated rings. The molecule has 1 aromatic carbocycles. The molecule has 0 bridgehead atoms. The van der Waals surface area contributed by atoms with E-state index < -0.39 is 0 Å². The first-order valence-electron chi connectivity index (χ1n) is 7.70. The highest BCUT2D eigenvalue weighted by Gasteiger charge is 2.29. The van der Waals surface area contributed by atoms with Gasteiger partial charge in [-0.25, -0.2) is 0 Å². The van der Waals surface area contributed by atoms with Crippen molar-refractivity contribution in [3.8, 4) is 0 Å². The Kier molecular flexibility index (Phi) is 4.91. The first kappa shape index (κ1) is 18.5. The highest BCUT2D eigenvalue weighted by molar-refractivity contribution is 9.15. The van der Waals surface area contributed by atoms with Crippen LogP contribution in [0.2, 0.25) is 0 Å². The Balaban J connectivity index is 3.89. The van der Waals surface area contributed by atoms with Crippen LogP contribution in [-0.4, -0.2) is 0 Å². The van der Waals surface area contributed by atoms with Crippen molar-refractivity contribution in [2.75, 3.05) is 0 Å². The molecule has 0 aliphatic rings. The third kappa shape index (κ3) is 4.22. The Labute approximate surface area is 140 Å². The summed E-state index contributed by atoms with van der Waals surface area (Å²) >= 11 is 3.65. The third-order valence-corrected chi connectivity index (χ3v) is 4.29. The summed E-state index contributed by atoms with van der Waals surface area (Å²) in [6, 6.07) is 4.74. The van der Waals surface area contributed by atoms with Gasteiger partial charge in [-0.1, -0.05) is 97.0 Å². The molecule has 0 atom stereocenters. The molecule has 118 valence electrons. The van der Waals surface area contributed by atoms with Crippen LogP contribution in [-0.2, 0) is 16.2 Å². The first-order chi connectivity index (χ1) is 9.15. The van der Waals surface area contributed by atoms with E-state index in [0.717, 1.165) is 4.48 Å². The Bertz CT molecular complexity index is 508. The van der Waals surface area contributed by atoms with E-state index in [0.29, 0.717) is 0 Å². The van der Waals surface area contributed by atoms with Gasteiger partial charge in [-0.2, -0.15) is 0 Å². The smallest absolute Gasteiger partial charge is 0.0181 e. The Morgan fingerprint density at radius 2 is 1.10 bits per heavy atom. The van der Waals surface area contributed by atoms with Crippen LogP contribution >= 0.6 is 15.9 Å². The second-order valence-electron chi connectivity index (χ2n) is 9.10. The standard InChI is InChI=1S/C20H31Br/c1-13(21)17-15(19(5,6)7)11-14(18(2,3)4)12-16(17)20(8,9)10/h11-12H,1H2,2-10H3. The lowest BCUT2D eigenvalue weighted by Gasteiger charge is -2.33. The third-order valence-electron chi connectivity index (χ3n) is 3.89. The Morgan fingerprint density at radius 1 is 0.762 bits per heavy atom. The van der Waals surface area contributed by atoms with Gasteiger partial charge in [0, 0.05) is 4.48 Å². The molecule has 0 aliphatic carbocycles. The minimum absolute atomic E-state index is 0.0906. The van der Waals surface area contributed by atoms with Crippen molar-refractivity contribution in [1.82, 2.24) is 0 Å². The fourth-order valence-electron chi connectivity index (χ4n) is 2.55. The molecular formula is C20H31Br. The van der Waals surface area contributed by atoms with Crippen LogP contribution in [0.4, 0.5) is 0 Å². The second-order valence-corrected chi connectivity index (χ2v) is 10.1. The largest absolute Gasteiger partial charge is 0.0841 e. The summed E-state index contributed by atoms with van der Waals surface area (Å²) in [6.07, 6.45) is 0. The van der Waals surface area contributed by atoms with Gasteiger partial charge in [-0.05, 0) is 38.5 Å². The van der Waals surface area contributed by atoms with Crippen LogP contribution in [0.3, 0.4) is 0 Å². The summed E-state index contributed by atoms with van der Waals surface area (Å²) in [5.74, 6) is 0. The van der Waals surface area contributed by atoms with E-state index in [1.54, 1.807) is 0 Å². The first-order valence-corrected chi connectivity index (χ1v) is 8.49. The molecule has 21 heavy (non-hydrogen) atoms. The number of benzene rings is 1. The van der Waals surface area contributed by atoms with Crippen molar-refractivity contribution in [2.45, 2.75) is 78.6 Å². The van der Waals surface area contributed by atoms with Crippen molar-refractivity contribution in [2.24, 2.45) is 0 Å². The van der Waals surface area contributed by atoms with Gasteiger partial charge in [0.2, 0.25) is 0 Å². The van der Waals surface area contributed by atoms with Crippen molar-refractivity contribution >= 4 is 20.4 Å². The molecular weight excluding hydrogens is 320 g/mol. The van der Waals surface area contributed by atoms with Crippen LogP contribution < -0.4 is 0 Å². The quantitative estimate of drug-likeness (QED) is 0.514. The van der Waals surface area contributed by atoms with Gasteiger partial charge >= 0.3 is 0 Å². The summed E-state index contributed by atoms with van der Waals surface area (Å²) in [6.45, 7) is 24.7. The van der Waals surface area contributed by atoms with E-state index in [9.17, 15) is 0 Å². The fraction of sp³-hybridized carbons (Fsp3) is 0.600. The zero-order chi connectivity index (χ0) is 16.8. The summed E-state index contributed by atoms with van der Waals surface area (Å²) in [4.78, 5) is 0. The molecule has 0 N–H and O–H groups in total. The maximum Gasteiger partial charge on any atom is 0.0181 e. The molecule has 0 radical (unpaired) electrons. The Morgan fingerprint density at radius 3 is 1.29 bits per heavy atom. The van der Waals surface area contributed by atoms with Crippen molar-refractivity contribution < 1.29 is 0 Å². The molecule has 1 rings (SSSR count). The number of hydrogen-bond donors (Lipinski definition) is 0. The molecule has 0 heterocycles. The number of halogens is 1. The minimum atomic E-state index is 0.0906. The molecule has 0 saturated carbocycles. The Hall–Kier alpha value is -0.560.